The second-order valence-corrected chi connectivity index (χ2v) is 10.0. The Morgan fingerprint density at radius 3 is 2.54 bits per heavy atom. The van der Waals surface area contributed by atoms with Crippen LogP contribution < -0.4 is 0 Å². The van der Waals surface area contributed by atoms with Gasteiger partial charge in [-0.05, 0) is 54.8 Å². The van der Waals surface area contributed by atoms with Crippen LogP contribution in [0.1, 0.15) is 28.1 Å². The first-order chi connectivity index (χ1) is 12.4. The van der Waals surface area contributed by atoms with E-state index in [-0.39, 0.29) is 10.8 Å². The van der Waals surface area contributed by atoms with E-state index in [4.69, 9.17) is 0 Å². The first kappa shape index (κ1) is 19.1. The van der Waals surface area contributed by atoms with Crippen LogP contribution in [0.5, 0.6) is 0 Å². The van der Waals surface area contributed by atoms with E-state index in [0.717, 1.165) is 36.7 Å². The Bertz CT molecular complexity index is 853. The molecule has 1 fully saturated rings. The van der Waals surface area contributed by atoms with E-state index in [2.05, 4.69) is 17.5 Å². The molecule has 3 rings (SSSR count). The second-order valence-electron chi connectivity index (χ2n) is 6.83. The number of rotatable bonds is 5. The van der Waals surface area contributed by atoms with Crippen molar-refractivity contribution in [1.29, 1.82) is 0 Å². The molecule has 1 aliphatic heterocycles. The normalized spacial score (nSPS) is 16.2. The van der Waals surface area contributed by atoms with Crippen molar-refractivity contribution in [1.82, 2.24) is 9.21 Å². The summed E-state index contributed by atoms with van der Waals surface area (Å²) < 4.78 is 25.7. The molecule has 0 bridgehead atoms. The standard InChI is InChI=1S/C19H24N2O3S2/c1-20(2)26(23,24)18-7-3-5-16(14-18)19(22)21-10-8-15(9-11-21)13-17-6-4-12-25-17/h3-7,12,14-15H,8-11,13H2,1-2H3. The van der Waals surface area contributed by atoms with Crippen LogP contribution in [0.15, 0.2) is 46.7 Å². The Hall–Kier alpha value is -1.70. The number of hydrogen-bond donors (Lipinski definition) is 0. The highest BCUT2D eigenvalue weighted by Gasteiger charge is 2.25. The third-order valence-corrected chi connectivity index (χ3v) is 7.54. The molecule has 1 amide bonds. The van der Waals surface area contributed by atoms with Gasteiger partial charge in [-0.2, -0.15) is 0 Å². The van der Waals surface area contributed by atoms with Gasteiger partial charge in [0.05, 0.1) is 4.90 Å². The van der Waals surface area contributed by atoms with Gasteiger partial charge in [0.2, 0.25) is 10.0 Å². The summed E-state index contributed by atoms with van der Waals surface area (Å²) in [5, 5.41) is 2.10. The van der Waals surface area contributed by atoms with E-state index in [1.165, 1.54) is 31.1 Å². The van der Waals surface area contributed by atoms with Crippen LogP contribution in [0.3, 0.4) is 0 Å². The third-order valence-electron chi connectivity index (χ3n) is 4.83. The second kappa shape index (κ2) is 7.90. The van der Waals surface area contributed by atoms with Gasteiger partial charge in [0.15, 0.2) is 0 Å². The minimum Gasteiger partial charge on any atom is -0.339 e. The van der Waals surface area contributed by atoms with Gasteiger partial charge < -0.3 is 4.90 Å². The van der Waals surface area contributed by atoms with Gasteiger partial charge in [-0.3, -0.25) is 4.79 Å². The van der Waals surface area contributed by atoms with Crippen molar-refractivity contribution in [3.63, 3.8) is 0 Å². The molecule has 0 spiro atoms. The van der Waals surface area contributed by atoms with Gasteiger partial charge in [-0.1, -0.05) is 12.1 Å². The number of benzene rings is 1. The SMILES string of the molecule is CN(C)S(=O)(=O)c1cccc(C(=O)N2CCC(Cc3cccs3)CC2)c1. The molecule has 2 heterocycles. The lowest BCUT2D eigenvalue weighted by Crippen LogP contribution is -2.39. The zero-order chi connectivity index (χ0) is 18.7. The summed E-state index contributed by atoms with van der Waals surface area (Å²) in [7, 11) is -0.561. The minimum absolute atomic E-state index is 0.0876. The van der Waals surface area contributed by atoms with Crippen LogP contribution in [-0.4, -0.2) is 50.7 Å². The number of nitrogens with zero attached hydrogens (tertiary/aromatic N) is 2. The van der Waals surface area contributed by atoms with Crippen molar-refractivity contribution < 1.29 is 13.2 Å². The molecule has 7 heteroatoms. The van der Waals surface area contributed by atoms with Crippen LogP contribution in [0.2, 0.25) is 0 Å². The number of thiophene rings is 1. The van der Waals surface area contributed by atoms with Crippen molar-refractivity contribution >= 4 is 27.3 Å². The Labute approximate surface area is 159 Å². The highest BCUT2D eigenvalue weighted by atomic mass is 32.2. The number of piperidine rings is 1. The Morgan fingerprint density at radius 2 is 1.92 bits per heavy atom. The maximum Gasteiger partial charge on any atom is 0.253 e. The highest BCUT2D eigenvalue weighted by molar-refractivity contribution is 7.89. The predicted molar refractivity (Wildman–Crippen MR) is 104 cm³/mol. The fourth-order valence-corrected chi connectivity index (χ4v) is 5.01. The monoisotopic (exact) mass is 392 g/mol. The molecular formula is C19H24N2O3S2. The summed E-state index contributed by atoms with van der Waals surface area (Å²) in [4.78, 5) is 16.2. The molecule has 1 aromatic carbocycles. The quantitative estimate of drug-likeness (QED) is 0.786. The van der Waals surface area contributed by atoms with Crippen LogP contribution in [-0.2, 0) is 16.4 Å². The topological polar surface area (TPSA) is 57.7 Å². The molecular weight excluding hydrogens is 368 g/mol. The van der Waals surface area contributed by atoms with Crippen LogP contribution in [0.25, 0.3) is 0 Å². The van der Waals surface area contributed by atoms with Crippen molar-refractivity contribution in [3.8, 4) is 0 Å². The molecule has 1 aliphatic rings. The fourth-order valence-electron chi connectivity index (χ4n) is 3.24. The average Bonchev–Trinajstić information content (AvgIpc) is 3.15. The fraction of sp³-hybridized carbons (Fsp3) is 0.421. The van der Waals surface area contributed by atoms with Gasteiger partial charge in [0, 0.05) is 37.6 Å². The molecule has 0 unspecified atom stereocenters. The van der Waals surface area contributed by atoms with E-state index in [1.807, 2.05) is 4.90 Å². The zero-order valence-corrected chi connectivity index (χ0v) is 16.7. The summed E-state index contributed by atoms with van der Waals surface area (Å²) >= 11 is 1.79. The van der Waals surface area contributed by atoms with Crippen molar-refractivity contribution in [2.75, 3.05) is 27.2 Å². The largest absolute Gasteiger partial charge is 0.339 e. The summed E-state index contributed by atoms with van der Waals surface area (Å²) in [6, 6.07) is 10.6. The van der Waals surface area contributed by atoms with E-state index in [1.54, 1.807) is 23.5 Å². The Balaban J connectivity index is 1.65. The van der Waals surface area contributed by atoms with Gasteiger partial charge in [0.1, 0.15) is 0 Å². The number of hydrogen-bond acceptors (Lipinski definition) is 4. The summed E-state index contributed by atoms with van der Waals surface area (Å²) in [5.41, 5.74) is 0.435. The van der Waals surface area contributed by atoms with Crippen molar-refractivity contribution in [2.24, 2.45) is 5.92 Å². The van der Waals surface area contributed by atoms with E-state index >= 15 is 0 Å². The van der Waals surface area contributed by atoms with E-state index in [0.29, 0.717) is 11.5 Å². The molecule has 1 saturated heterocycles. The van der Waals surface area contributed by atoms with Gasteiger partial charge >= 0.3 is 0 Å². The van der Waals surface area contributed by atoms with E-state index < -0.39 is 10.0 Å². The summed E-state index contributed by atoms with van der Waals surface area (Å²) in [6.07, 6.45) is 3.05. The third kappa shape index (κ3) is 4.16. The maximum atomic E-state index is 12.8. The molecule has 2 aromatic rings. The van der Waals surface area contributed by atoms with Crippen LogP contribution >= 0.6 is 11.3 Å². The molecule has 0 saturated carbocycles. The molecule has 0 N–H and O–H groups in total. The lowest BCUT2D eigenvalue weighted by atomic mass is 9.92. The maximum absolute atomic E-state index is 12.8. The van der Waals surface area contributed by atoms with Crippen molar-refractivity contribution in [3.05, 3.63) is 52.2 Å². The van der Waals surface area contributed by atoms with Gasteiger partial charge in [-0.25, -0.2) is 12.7 Å². The number of carbonyl (C=O) groups excluding carboxylic acids is 1. The molecule has 26 heavy (non-hydrogen) atoms. The van der Waals surface area contributed by atoms with Crippen LogP contribution in [0.4, 0.5) is 0 Å². The molecule has 0 aliphatic carbocycles. The first-order valence-corrected chi connectivity index (χ1v) is 11.0. The minimum atomic E-state index is -3.54. The van der Waals surface area contributed by atoms with Crippen LogP contribution in [0, 0.1) is 5.92 Å². The Kier molecular flexibility index (Phi) is 5.79. The number of amides is 1. The zero-order valence-electron chi connectivity index (χ0n) is 15.1. The van der Waals surface area contributed by atoms with Gasteiger partial charge in [0.25, 0.3) is 5.91 Å². The van der Waals surface area contributed by atoms with Gasteiger partial charge in [-0.15, -0.1) is 11.3 Å². The lowest BCUT2D eigenvalue weighted by molar-refractivity contribution is 0.0690. The summed E-state index contributed by atoms with van der Waals surface area (Å²) in [5.74, 6) is 0.522. The van der Waals surface area contributed by atoms with E-state index in [9.17, 15) is 13.2 Å². The highest BCUT2D eigenvalue weighted by Crippen LogP contribution is 2.25. The molecule has 0 radical (unpaired) electrons. The Morgan fingerprint density at radius 1 is 1.19 bits per heavy atom. The molecule has 5 nitrogen and oxygen atoms in total. The molecule has 1 aromatic heterocycles. The predicted octanol–water partition coefficient (Wildman–Crippen LogP) is 3.09. The average molecular weight is 393 g/mol. The van der Waals surface area contributed by atoms with Crippen molar-refractivity contribution in [2.45, 2.75) is 24.2 Å². The lowest BCUT2D eigenvalue weighted by Gasteiger charge is -2.32. The molecule has 0 atom stereocenters. The first-order valence-electron chi connectivity index (χ1n) is 8.72. The summed E-state index contributed by atoms with van der Waals surface area (Å²) in [6.45, 7) is 1.44. The number of sulfonamides is 1. The number of carbonyl (C=O) groups is 1. The molecule has 140 valence electrons. The smallest absolute Gasteiger partial charge is 0.253 e. The number of likely N-dealkylation sites (tertiary alicyclic amines) is 1.